The van der Waals surface area contributed by atoms with Crippen molar-refractivity contribution in [3.8, 4) is 11.5 Å². The lowest BCUT2D eigenvalue weighted by Gasteiger charge is -2.33. The van der Waals surface area contributed by atoms with Gasteiger partial charge in [-0.2, -0.15) is 12.6 Å². The van der Waals surface area contributed by atoms with Crippen molar-refractivity contribution >= 4 is 36.3 Å². The first-order valence-electron chi connectivity index (χ1n) is 9.81. The van der Waals surface area contributed by atoms with E-state index >= 15 is 0 Å². The number of hydrogen-bond acceptors (Lipinski definition) is 5. The zero-order valence-electron chi connectivity index (χ0n) is 18.4. The Balaban J connectivity index is 2.13. The number of carboxylic acid groups (broad SMARTS) is 1. The monoisotopic (exact) mass is 443 g/mol. The van der Waals surface area contributed by atoms with Crippen LogP contribution in [-0.4, -0.2) is 34.4 Å². The number of hydrogen-bond donors (Lipinski definition) is 3. The lowest BCUT2D eigenvalue weighted by molar-refractivity contribution is -0.111. The summed E-state index contributed by atoms with van der Waals surface area (Å²) in [6.45, 7) is 8.06. The summed E-state index contributed by atoms with van der Waals surface area (Å²) in [6, 6.07) is 11.6. The van der Waals surface area contributed by atoms with Gasteiger partial charge in [-0.3, -0.25) is 4.79 Å². The van der Waals surface area contributed by atoms with Gasteiger partial charge in [0.2, 0.25) is 5.91 Å². The lowest BCUT2D eigenvalue weighted by Crippen LogP contribution is -2.35. The average molecular weight is 444 g/mol. The van der Waals surface area contributed by atoms with Gasteiger partial charge in [-0.05, 0) is 49.8 Å². The molecule has 2 N–H and O–H groups in total. The number of ether oxygens (including phenoxy) is 2. The van der Waals surface area contributed by atoms with Crippen molar-refractivity contribution in [2.45, 2.75) is 44.5 Å². The Morgan fingerprint density at radius 1 is 1.10 bits per heavy atom. The van der Waals surface area contributed by atoms with Gasteiger partial charge in [0.05, 0.1) is 18.4 Å². The summed E-state index contributed by atoms with van der Waals surface area (Å²) in [4.78, 5) is 23.5. The molecule has 2 rings (SSSR count). The number of carbonyl (C=O) groups excluding carboxylic acids is 1. The van der Waals surface area contributed by atoms with E-state index in [-0.39, 0.29) is 16.0 Å². The number of thiol groups is 1. The number of amides is 1. The molecule has 0 unspecified atom stereocenters. The minimum Gasteiger partial charge on any atom is -0.493 e. The van der Waals surface area contributed by atoms with Crippen LogP contribution in [0.3, 0.4) is 0 Å². The molecule has 2 aromatic rings. The standard InChI is InChI=1S/C24H29NO5S/c1-23(2,15-24(3,4)31)30-19-12-10-16(14-20(19)29-5)11-13-21(26)25-18-9-7-6-8-17(18)22(27)28/h6-14,31H,15H2,1-5H3,(H,25,26)(H,27,28)/b13-11+. The molecule has 0 aliphatic heterocycles. The van der Waals surface area contributed by atoms with Gasteiger partial charge in [0.15, 0.2) is 11.5 Å². The maximum atomic E-state index is 12.2. The summed E-state index contributed by atoms with van der Waals surface area (Å²) in [5.41, 5.74) is 0.547. The minimum absolute atomic E-state index is 0.0272. The van der Waals surface area contributed by atoms with Crippen LogP contribution in [0.2, 0.25) is 0 Å². The minimum atomic E-state index is -1.11. The first kappa shape index (κ1) is 24.3. The van der Waals surface area contributed by atoms with E-state index in [1.54, 1.807) is 37.5 Å². The Hall–Kier alpha value is -2.93. The molecule has 7 heteroatoms. The third kappa shape index (κ3) is 7.68. The van der Waals surface area contributed by atoms with Gasteiger partial charge in [0.25, 0.3) is 0 Å². The Bertz CT molecular complexity index is 976. The molecule has 0 atom stereocenters. The second-order valence-corrected chi connectivity index (χ2v) is 9.65. The van der Waals surface area contributed by atoms with Crippen LogP contribution in [0.1, 0.15) is 50.0 Å². The fourth-order valence-corrected chi connectivity index (χ4v) is 3.75. The number of rotatable bonds is 9. The van der Waals surface area contributed by atoms with E-state index in [4.69, 9.17) is 9.47 Å². The highest BCUT2D eigenvalue weighted by Gasteiger charge is 2.28. The van der Waals surface area contributed by atoms with Crippen molar-refractivity contribution in [1.29, 1.82) is 0 Å². The summed E-state index contributed by atoms with van der Waals surface area (Å²) in [6.07, 6.45) is 3.68. The maximum Gasteiger partial charge on any atom is 0.337 e. The molecule has 6 nitrogen and oxygen atoms in total. The molecule has 0 radical (unpaired) electrons. The fourth-order valence-electron chi connectivity index (χ4n) is 3.37. The zero-order valence-corrected chi connectivity index (χ0v) is 19.3. The molecule has 0 spiro atoms. The Labute approximate surface area is 188 Å². The second kappa shape index (κ2) is 9.92. The number of anilines is 1. The number of methoxy groups -OCH3 is 1. The molecule has 2 aromatic carbocycles. The first-order chi connectivity index (χ1) is 14.4. The lowest BCUT2D eigenvalue weighted by atomic mass is 9.95. The summed E-state index contributed by atoms with van der Waals surface area (Å²) >= 11 is 4.59. The van der Waals surface area contributed by atoms with E-state index in [0.29, 0.717) is 11.5 Å². The Morgan fingerprint density at radius 3 is 2.39 bits per heavy atom. The van der Waals surface area contributed by atoms with Crippen molar-refractivity contribution in [2.24, 2.45) is 0 Å². The highest BCUT2D eigenvalue weighted by molar-refractivity contribution is 7.81. The topological polar surface area (TPSA) is 84.9 Å². The molecular formula is C24H29NO5S. The van der Waals surface area contributed by atoms with Crippen LogP contribution < -0.4 is 14.8 Å². The molecule has 0 bridgehead atoms. The first-order valence-corrected chi connectivity index (χ1v) is 10.3. The van der Waals surface area contributed by atoms with Gasteiger partial charge in [-0.1, -0.05) is 32.0 Å². The van der Waals surface area contributed by atoms with E-state index in [9.17, 15) is 14.7 Å². The van der Waals surface area contributed by atoms with Crippen LogP contribution >= 0.6 is 12.6 Å². The van der Waals surface area contributed by atoms with Crippen molar-refractivity contribution < 1.29 is 24.2 Å². The number of benzene rings is 2. The predicted octanol–water partition coefficient (Wildman–Crippen LogP) is 5.30. The SMILES string of the molecule is COc1cc(/C=C/C(=O)Nc2ccccc2C(=O)O)ccc1OC(C)(C)CC(C)(C)S. The van der Waals surface area contributed by atoms with Crippen LogP contribution in [0.15, 0.2) is 48.5 Å². The number of aromatic carboxylic acids is 1. The summed E-state index contributed by atoms with van der Waals surface area (Å²) in [5, 5.41) is 11.8. The van der Waals surface area contributed by atoms with Crippen LogP contribution in [-0.2, 0) is 4.79 Å². The largest absolute Gasteiger partial charge is 0.493 e. The van der Waals surface area contributed by atoms with Crippen LogP contribution in [0, 0.1) is 0 Å². The van der Waals surface area contributed by atoms with Crippen molar-refractivity contribution in [3.05, 3.63) is 59.7 Å². The smallest absolute Gasteiger partial charge is 0.337 e. The van der Waals surface area contributed by atoms with Gasteiger partial charge >= 0.3 is 5.97 Å². The summed E-state index contributed by atoms with van der Waals surface area (Å²) in [5.74, 6) is -0.402. The molecule has 31 heavy (non-hydrogen) atoms. The molecular weight excluding hydrogens is 414 g/mol. The highest BCUT2D eigenvalue weighted by Crippen LogP contribution is 2.35. The summed E-state index contributed by atoms with van der Waals surface area (Å²) < 4.78 is 11.4. The number of carbonyl (C=O) groups is 2. The van der Waals surface area contributed by atoms with Gasteiger partial charge in [-0.15, -0.1) is 0 Å². The van der Waals surface area contributed by atoms with Crippen molar-refractivity contribution in [2.75, 3.05) is 12.4 Å². The normalized spacial score (nSPS) is 11.9. The number of carboxylic acids is 1. The van der Waals surface area contributed by atoms with E-state index in [2.05, 4.69) is 17.9 Å². The molecule has 1 amide bonds. The molecule has 0 saturated carbocycles. The van der Waals surface area contributed by atoms with Gasteiger partial charge < -0.3 is 19.9 Å². The number of nitrogens with one attached hydrogen (secondary N) is 1. The van der Waals surface area contributed by atoms with E-state index in [1.807, 2.05) is 33.8 Å². The van der Waals surface area contributed by atoms with Crippen LogP contribution in [0.4, 0.5) is 5.69 Å². The molecule has 0 aliphatic rings. The average Bonchev–Trinajstić information content (AvgIpc) is 2.65. The van der Waals surface area contributed by atoms with Crippen LogP contribution in [0.5, 0.6) is 11.5 Å². The maximum absolute atomic E-state index is 12.2. The second-order valence-electron chi connectivity index (χ2n) is 8.43. The summed E-state index contributed by atoms with van der Waals surface area (Å²) in [7, 11) is 1.56. The van der Waals surface area contributed by atoms with E-state index < -0.39 is 17.5 Å². The van der Waals surface area contributed by atoms with Crippen LogP contribution in [0.25, 0.3) is 6.08 Å². The quantitative estimate of drug-likeness (QED) is 0.362. The number of para-hydroxylation sites is 1. The van der Waals surface area contributed by atoms with E-state index in [1.165, 1.54) is 18.2 Å². The molecule has 0 aliphatic carbocycles. The van der Waals surface area contributed by atoms with Crippen molar-refractivity contribution in [1.82, 2.24) is 0 Å². The Morgan fingerprint density at radius 2 is 1.77 bits per heavy atom. The predicted molar refractivity (Wildman–Crippen MR) is 126 cm³/mol. The zero-order chi connectivity index (χ0) is 23.2. The fraction of sp³-hybridized carbons (Fsp3) is 0.333. The van der Waals surface area contributed by atoms with E-state index in [0.717, 1.165) is 12.0 Å². The highest BCUT2D eigenvalue weighted by atomic mass is 32.1. The molecule has 0 heterocycles. The molecule has 0 fully saturated rings. The van der Waals surface area contributed by atoms with Gasteiger partial charge in [0, 0.05) is 17.2 Å². The molecule has 0 saturated heterocycles. The Kier molecular flexibility index (Phi) is 7.79. The molecule has 166 valence electrons. The third-order valence-corrected chi connectivity index (χ3v) is 4.43. The third-order valence-electron chi connectivity index (χ3n) is 4.27. The van der Waals surface area contributed by atoms with Gasteiger partial charge in [0.1, 0.15) is 5.60 Å². The van der Waals surface area contributed by atoms with Crippen molar-refractivity contribution in [3.63, 3.8) is 0 Å². The van der Waals surface area contributed by atoms with Gasteiger partial charge in [-0.25, -0.2) is 4.79 Å². The molecule has 0 aromatic heterocycles.